The van der Waals surface area contributed by atoms with Gasteiger partial charge in [0.2, 0.25) is 0 Å². The number of hydrogen-bond acceptors (Lipinski definition) is 2. The quantitative estimate of drug-likeness (QED) is 0.0352. The molecule has 6 aromatic carbocycles. The molecule has 1 unspecified atom stereocenters. The maximum atomic E-state index is 4.19. The Labute approximate surface area is 437 Å². The van der Waals surface area contributed by atoms with Crippen LogP contribution < -0.4 is 4.90 Å². The fraction of sp³-hybridized carbons (Fsp3) is 0.0571. The lowest BCUT2D eigenvalue weighted by molar-refractivity contribution is 0.836. The summed E-state index contributed by atoms with van der Waals surface area (Å²) in [6, 6.07) is 56.7. The second-order valence-electron chi connectivity index (χ2n) is 17.5. The summed E-state index contributed by atoms with van der Waals surface area (Å²) in [4.78, 5) is 4.58. The zero-order valence-corrected chi connectivity index (χ0v) is 42.4. The molecule has 0 fully saturated rings. The Morgan fingerprint density at radius 2 is 1.23 bits per heavy atom. The molecule has 8 aromatic rings. The fourth-order valence-corrected chi connectivity index (χ4v) is 9.82. The highest BCUT2D eigenvalue weighted by Gasteiger charge is 2.15. The van der Waals surface area contributed by atoms with Gasteiger partial charge in [0.05, 0.1) is 11.0 Å². The molecule has 2 heterocycles. The molecule has 0 bridgehead atoms. The van der Waals surface area contributed by atoms with E-state index in [1.54, 1.807) is 11.3 Å². The van der Waals surface area contributed by atoms with Crippen LogP contribution in [0.2, 0.25) is 0 Å². The van der Waals surface area contributed by atoms with E-state index in [-0.39, 0.29) is 5.92 Å². The number of allylic oxidation sites excluding steroid dienone is 17. The van der Waals surface area contributed by atoms with Gasteiger partial charge < -0.3 is 9.47 Å². The second-order valence-corrected chi connectivity index (χ2v) is 18.6. The average molecular weight is 963 g/mol. The molecule has 0 saturated heterocycles. The molecule has 358 valence electrons. The molecule has 2 aromatic heterocycles. The van der Waals surface area contributed by atoms with Gasteiger partial charge in [0, 0.05) is 43.8 Å². The van der Waals surface area contributed by atoms with E-state index in [1.807, 2.05) is 42.5 Å². The van der Waals surface area contributed by atoms with Gasteiger partial charge in [-0.15, -0.1) is 31.1 Å². The van der Waals surface area contributed by atoms with Crippen molar-refractivity contribution in [2.75, 3.05) is 4.90 Å². The minimum atomic E-state index is 0.207. The van der Waals surface area contributed by atoms with Gasteiger partial charge in [0.25, 0.3) is 0 Å². The molecule has 0 radical (unpaired) electrons. The van der Waals surface area contributed by atoms with E-state index in [0.29, 0.717) is 0 Å². The molecule has 0 amide bonds. The van der Waals surface area contributed by atoms with E-state index < -0.39 is 0 Å². The maximum Gasteiger partial charge on any atom is 0.0541 e. The van der Waals surface area contributed by atoms with Gasteiger partial charge in [-0.3, -0.25) is 0 Å². The van der Waals surface area contributed by atoms with Crippen molar-refractivity contribution in [3.63, 3.8) is 0 Å². The highest BCUT2D eigenvalue weighted by atomic mass is 32.1. The average Bonchev–Trinajstić information content (AvgIpc) is 4.06. The van der Waals surface area contributed by atoms with Crippen molar-refractivity contribution in [1.82, 2.24) is 4.57 Å². The van der Waals surface area contributed by atoms with Crippen LogP contribution in [-0.4, -0.2) is 4.57 Å². The molecule has 0 aliphatic carbocycles. The number of hydrogen-bond donors (Lipinski definition) is 0. The van der Waals surface area contributed by atoms with E-state index in [0.717, 1.165) is 75.3 Å². The zero-order chi connectivity index (χ0) is 50.8. The summed E-state index contributed by atoms with van der Waals surface area (Å²) in [5.74, 6) is 0.207. The number of thiophene rings is 1. The van der Waals surface area contributed by atoms with Crippen molar-refractivity contribution < 1.29 is 0 Å². The summed E-state index contributed by atoms with van der Waals surface area (Å²) in [5, 5.41) is 2.41. The van der Waals surface area contributed by atoms with Crippen LogP contribution in [-0.2, 0) is 0 Å². The summed E-state index contributed by atoms with van der Waals surface area (Å²) in [6.07, 6.45) is 37.4. The molecule has 2 nitrogen and oxygen atoms in total. The predicted molar refractivity (Wildman–Crippen MR) is 323 cm³/mol. The summed E-state index contributed by atoms with van der Waals surface area (Å²) < 4.78 is 2.37. The minimum Gasteiger partial charge on any atom is -0.317 e. The number of fused-ring (bicyclic) bond motifs is 3. The van der Waals surface area contributed by atoms with E-state index in [9.17, 15) is 0 Å². The van der Waals surface area contributed by atoms with Crippen LogP contribution in [0.15, 0.2) is 306 Å². The van der Waals surface area contributed by atoms with Gasteiger partial charge >= 0.3 is 0 Å². The van der Waals surface area contributed by atoms with Crippen molar-refractivity contribution in [3.8, 4) is 38.4 Å². The molecule has 1 atom stereocenters. The fourth-order valence-electron chi connectivity index (χ4n) is 8.79. The smallest absolute Gasteiger partial charge is 0.0541 e. The Bertz CT molecular complexity index is 3450. The largest absolute Gasteiger partial charge is 0.317 e. The van der Waals surface area contributed by atoms with Crippen molar-refractivity contribution in [3.05, 3.63) is 316 Å². The Balaban J connectivity index is 1.07. The van der Waals surface area contributed by atoms with Crippen molar-refractivity contribution in [2.45, 2.75) is 19.3 Å². The molecule has 0 aliphatic heterocycles. The van der Waals surface area contributed by atoms with Gasteiger partial charge in [0.1, 0.15) is 0 Å². The van der Waals surface area contributed by atoms with Crippen LogP contribution in [0.4, 0.5) is 5.69 Å². The first-order chi connectivity index (χ1) is 35.9. The Hall–Kier alpha value is -8.76. The molecule has 8 rings (SSSR count). The van der Waals surface area contributed by atoms with Crippen LogP contribution in [0.3, 0.4) is 0 Å². The molecular weight excluding hydrogens is 901 g/mol. The number of unbranched alkanes of at least 4 members (excludes halogenated alkanes) is 1. The van der Waals surface area contributed by atoms with Gasteiger partial charge in [0.15, 0.2) is 0 Å². The van der Waals surface area contributed by atoms with E-state index in [2.05, 4.69) is 268 Å². The first-order valence-electron chi connectivity index (χ1n) is 24.8. The maximum absolute atomic E-state index is 4.19. The first kappa shape index (κ1) is 50.6. The molecule has 0 N–H and O–H groups in total. The van der Waals surface area contributed by atoms with E-state index in [4.69, 9.17) is 0 Å². The monoisotopic (exact) mass is 962 g/mol. The van der Waals surface area contributed by atoms with Crippen LogP contribution in [0, 0.1) is 5.92 Å². The number of para-hydroxylation sites is 1. The minimum absolute atomic E-state index is 0.207. The van der Waals surface area contributed by atoms with Crippen molar-refractivity contribution >= 4 is 50.5 Å². The van der Waals surface area contributed by atoms with Gasteiger partial charge in [-0.1, -0.05) is 196 Å². The lowest BCUT2D eigenvalue weighted by Crippen LogP contribution is -2.13. The zero-order valence-electron chi connectivity index (χ0n) is 41.6. The van der Waals surface area contributed by atoms with Gasteiger partial charge in [-0.05, 0) is 149 Å². The summed E-state index contributed by atoms with van der Waals surface area (Å²) in [6.45, 7) is 24.1. The lowest BCUT2D eigenvalue weighted by atomic mass is 9.98. The van der Waals surface area contributed by atoms with E-state index >= 15 is 0 Å². The van der Waals surface area contributed by atoms with Crippen LogP contribution in [0.1, 0.15) is 29.7 Å². The Morgan fingerprint density at radius 3 is 1.90 bits per heavy atom. The third-order valence-corrected chi connectivity index (χ3v) is 13.9. The molecule has 3 heteroatoms. The van der Waals surface area contributed by atoms with Crippen molar-refractivity contribution in [2.24, 2.45) is 5.92 Å². The van der Waals surface area contributed by atoms with Gasteiger partial charge in [-0.25, -0.2) is 0 Å². The number of nitrogens with zero attached hydrogens (tertiary/aromatic N) is 2. The summed E-state index contributed by atoms with van der Waals surface area (Å²) in [7, 11) is 0. The highest BCUT2D eigenvalue weighted by molar-refractivity contribution is 7.16. The molecule has 0 aliphatic rings. The van der Waals surface area contributed by atoms with Crippen LogP contribution in [0.5, 0.6) is 0 Å². The normalized spacial score (nSPS) is 12.8. The third kappa shape index (κ3) is 12.6. The molecule has 0 spiro atoms. The highest BCUT2D eigenvalue weighted by Crippen LogP contribution is 2.37. The summed E-state index contributed by atoms with van der Waals surface area (Å²) in [5.41, 5.74) is 14.5. The van der Waals surface area contributed by atoms with Gasteiger partial charge in [-0.2, -0.15) is 0 Å². The Morgan fingerprint density at radius 1 is 0.562 bits per heavy atom. The molecule has 73 heavy (non-hydrogen) atoms. The second kappa shape index (κ2) is 25.4. The lowest BCUT2D eigenvalue weighted by Gasteiger charge is -2.22. The SMILES string of the molecule is C=CCC/C=C/C(C=C)=C/C=C/N(/C(C=C)=C/C=C/C(C=C)CC=C)c1ccc(-c2ccc(-c3ccc4c(c3)c3cc(/C=C/C=C(\C=C)c5ccc(-c6ccccc6)s5)ccc3n4-c3ccccc3)cc2)cc1. The number of benzene rings is 6. The third-order valence-electron chi connectivity index (χ3n) is 12.7. The Kier molecular flexibility index (Phi) is 17.6. The standard InChI is InChI=1S/C70H62N2S/c1-7-13-14-17-26-54(10-4)29-24-50-71(62(12-6)35-23-27-53(9-3)25-8-2)63-44-41-58(42-45-63)57-37-39-59(40-38-57)61-43-47-68-66(52-61)65-51-55(36-46-67(65)72(68)64-33-20-16-21-34-64)28-22-32-56(11-5)69-48-49-70(73-69)60-30-18-15-19-31-60/h7-12,15-24,26-53H,1-6,13-14,25H2/b26-17+,27-23+,28-22+,50-24+,54-29+,56-32+,62-35+. The first-order valence-corrected chi connectivity index (χ1v) is 25.6. The van der Waals surface area contributed by atoms with E-state index in [1.165, 1.54) is 37.1 Å². The number of rotatable bonds is 23. The number of aromatic nitrogens is 1. The molecular formula is C70H62N2S. The topological polar surface area (TPSA) is 8.17 Å². The predicted octanol–water partition coefficient (Wildman–Crippen LogP) is 20.1. The summed E-state index contributed by atoms with van der Waals surface area (Å²) >= 11 is 1.78. The van der Waals surface area contributed by atoms with Crippen LogP contribution in [0.25, 0.3) is 71.8 Å². The van der Waals surface area contributed by atoms with Crippen molar-refractivity contribution in [1.29, 1.82) is 0 Å². The molecule has 0 saturated carbocycles. The van der Waals surface area contributed by atoms with Crippen LogP contribution >= 0.6 is 11.3 Å². The number of anilines is 1.